The molecule has 0 amide bonds. The predicted octanol–water partition coefficient (Wildman–Crippen LogP) is 4.01. The molecule has 0 atom stereocenters. The normalized spacial score (nSPS) is 10.6. The zero-order valence-electron chi connectivity index (χ0n) is 10.4. The van der Waals surface area contributed by atoms with Gasteiger partial charge in [0.15, 0.2) is 11.6 Å². The van der Waals surface area contributed by atoms with Crippen LogP contribution in [0.4, 0.5) is 13.2 Å². The standard InChI is InChI=1S/C15H11F3OS/c16-11-3-1-10(2-4-11)7-12(19)9-20-13-5-6-14(17)15(18)8-13/h1-6,8H,7,9H2. The van der Waals surface area contributed by atoms with E-state index in [9.17, 15) is 18.0 Å². The van der Waals surface area contributed by atoms with E-state index in [0.717, 1.165) is 29.5 Å². The molecular weight excluding hydrogens is 285 g/mol. The van der Waals surface area contributed by atoms with Crippen LogP contribution in [0.1, 0.15) is 5.56 Å². The first kappa shape index (κ1) is 14.7. The Balaban J connectivity index is 1.88. The fraction of sp³-hybridized carbons (Fsp3) is 0.133. The summed E-state index contributed by atoms with van der Waals surface area (Å²) in [4.78, 5) is 12.2. The maximum atomic E-state index is 13.0. The maximum Gasteiger partial charge on any atom is 0.159 e. The molecule has 0 spiro atoms. The van der Waals surface area contributed by atoms with Gasteiger partial charge in [-0.25, -0.2) is 13.2 Å². The fourth-order valence-corrected chi connectivity index (χ4v) is 2.39. The Morgan fingerprint density at radius 1 is 0.950 bits per heavy atom. The summed E-state index contributed by atoms with van der Waals surface area (Å²) in [6.07, 6.45) is 0.191. The summed E-state index contributed by atoms with van der Waals surface area (Å²) in [5.74, 6) is -2.10. The number of carbonyl (C=O) groups excluding carboxylic acids is 1. The predicted molar refractivity (Wildman–Crippen MR) is 72.2 cm³/mol. The van der Waals surface area contributed by atoms with Crippen molar-refractivity contribution >= 4 is 17.5 Å². The molecule has 0 fully saturated rings. The van der Waals surface area contributed by atoms with Crippen molar-refractivity contribution in [2.75, 3.05) is 5.75 Å². The lowest BCUT2D eigenvalue weighted by molar-refractivity contribution is -0.116. The SMILES string of the molecule is O=C(CSc1ccc(F)c(F)c1)Cc1ccc(F)cc1. The van der Waals surface area contributed by atoms with Crippen LogP contribution < -0.4 is 0 Å². The Morgan fingerprint density at radius 3 is 2.30 bits per heavy atom. The molecule has 2 aromatic carbocycles. The van der Waals surface area contributed by atoms with Crippen LogP contribution in [0, 0.1) is 17.5 Å². The van der Waals surface area contributed by atoms with Crippen LogP contribution in [-0.4, -0.2) is 11.5 Å². The van der Waals surface area contributed by atoms with Gasteiger partial charge in [0, 0.05) is 11.3 Å². The van der Waals surface area contributed by atoms with Crippen molar-refractivity contribution in [1.29, 1.82) is 0 Å². The van der Waals surface area contributed by atoms with E-state index < -0.39 is 11.6 Å². The highest BCUT2D eigenvalue weighted by Crippen LogP contribution is 2.20. The molecule has 0 saturated heterocycles. The lowest BCUT2D eigenvalue weighted by atomic mass is 10.1. The molecule has 2 aromatic rings. The number of halogens is 3. The Kier molecular flexibility index (Phi) is 4.84. The van der Waals surface area contributed by atoms with Crippen LogP contribution in [0.2, 0.25) is 0 Å². The molecule has 0 bridgehead atoms. The van der Waals surface area contributed by atoms with Gasteiger partial charge in [-0.05, 0) is 35.9 Å². The highest BCUT2D eigenvalue weighted by molar-refractivity contribution is 8.00. The smallest absolute Gasteiger partial charge is 0.159 e. The topological polar surface area (TPSA) is 17.1 Å². The minimum atomic E-state index is -0.930. The molecule has 0 aliphatic carbocycles. The largest absolute Gasteiger partial charge is 0.298 e. The number of carbonyl (C=O) groups is 1. The Bertz CT molecular complexity index is 611. The van der Waals surface area contributed by atoms with E-state index in [2.05, 4.69) is 0 Å². The summed E-state index contributed by atoms with van der Waals surface area (Å²) >= 11 is 1.14. The van der Waals surface area contributed by atoms with E-state index in [1.807, 2.05) is 0 Å². The average Bonchev–Trinajstić information content (AvgIpc) is 2.43. The van der Waals surface area contributed by atoms with E-state index in [1.54, 1.807) is 12.1 Å². The second-order valence-electron chi connectivity index (χ2n) is 4.21. The molecule has 0 heterocycles. The van der Waals surface area contributed by atoms with Gasteiger partial charge in [-0.1, -0.05) is 12.1 Å². The zero-order valence-corrected chi connectivity index (χ0v) is 11.2. The van der Waals surface area contributed by atoms with Crippen molar-refractivity contribution in [1.82, 2.24) is 0 Å². The molecule has 0 unspecified atom stereocenters. The molecule has 0 radical (unpaired) electrons. The summed E-state index contributed by atoms with van der Waals surface area (Å²) in [5.41, 5.74) is 0.724. The van der Waals surface area contributed by atoms with Crippen molar-refractivity contribution in [2.45, 2.75) is 11.3 Å². The van der Waals surface area contributed by atoms with Crippen molar-refractivity contribution in [3.63, 3.8) is 0 Å². The number of thioether (sulfide) groups is 1. The van der Waals surface area contributed by atoms with Crippen LogP contribution in [0.15, 0.2) is 47.4 Å². The van der Waals surface area contributed by atoms with Crippen LogP contribution in [0.5, 0.6) is 0 Å². The van der Waals surface area contributed by atoms with Gasteiger partial charge in [0.05, 0.1) is 5.75 Å². The average molecular weight is 296 g/mol. The van der Waals surface area contributed by atoms with Crippen molar-refractivity contribution in [3.8, 4) is 0 Å². The van der Waals surface area contributed by atoms with Crippen LogP contribution >= 0.6 is 11.8 Å². The fourth-order valence-electron chi connectivity index (χ4n) is 1.61. The molecule has 0 aromatic heterocycles. The monoisotopic (exact) mass is 296 g/mol. The van der Waals surface area contributed by atoms with Crippen molar-refractivity contribution in [2.24, 2.45) is 0 Å². The summed E-state index contributed by atoms with van der Waals surface area (Å²) in [7, 11) is 0. The molecule has 104 valence electrons. The third kappa shape index (κ3) is 4.13. The number of benzene rings is 2. The van der Waals surface area contributed by atoms with Gasteiger partial charge in [-0.15, -0.1) is 11.8 Å². The maximum absolute atomic E-state index is 13.0. The number of ketones is 1. The molecule has 1 nitrogen and oxygen atoms in total. The van der Waals surface area contributed by atoms with Gasteiger partial charge < -0.3 is 0 Å². The van der Waals surface area contributed by atoms with E-state index in [4.69, 9.17) is 0 Å². The summed E-state index contributed by atoms with van der Waals surface area (Å²) in [6, 6.07) is 9.21. The molecule has 0 saturated carbocycles. The molecule has 2 rings (SSSR count). The lowest BCUT2D eigenvalue weighted by Gasteiger charge is -2.03. The van der Waals surface area contributed by atoms with Gasteiger partial charge >= 0.3 is 0 Å². The number of rotatable bonds is 5. The van der Waals surface area contributed by atoms with Gasteiger partial charge in [-0.2, -0.15) is 0 Å². The first-order valence-corrected chi connectivity index (χ1v) is 6.87. The number of Topliss-reactive ketones (excluding diaryl/α,β-unsaturated/α-hetero) is 1. The Morgan fingerprint density at radius 2 is 1.65 bits per heavy atom. The van der Waals surface area contributed by atoms with E-state index in [0.29, 0.717) is 4.90 Å². The first-order valence-electron chi connectivity index (χ1n) is 5.88. The van der Waals surface area contributed by atoms with Crippen molar-refractivity contribution < 1.29 is 18.0 Å². The first-order chi connectivity index (χ1) is 9.54. The Hall–Kier alpha value is -1.75. The quantitative estimate of drug-likeness (QED) is 0.776. The zero-order chi connectivity index (χ0) is 14.5. The number of hydrogen-bond donors (Lipinski definition) is 0. The van der Waals surface area contributed by atoms with Gasteiger partial charge in [-0.3, -0.25) is 4.79 Å². The third-order valence-electron chi connectivity index (χ3n) is 2.61. The molecule has 5 heteroatoms. The Labute approximate surface area is 118 Å². The van der Waals surface area contributed by atoms with E-state index in [1.165, 1.54) is 18.2 Å². The highest BCUT2D eigenvalue weighted by atomic mass is 32.2. The van der Waals surface area contributed by atoms with Gasteiger partial charge in [0.2, 0.25) is 0 Å². The summed E-state index contributed by atoms with van der Waals surface area (Å²) < 4.78 is 38.4. The number of hydrogen-bond acceptors (Lipinski definition) is 2. The molecule has 0 aliphatic rings. The highest BCUT2D eigenvalue weighted by Gasteiger charge is 2.07. The lowest BCUT2D eigenvalue weighted by Crippen LogP contribution is -2.05. The minimum absolute atomic E-state index is 0.0636. The molecular formula is C15H11F3OS. The van der Waals surface area contributed by atoms with Crippen LogP contribution in [0.3, 0.4) is 0 Å². The van der Waals surface area contributed by atoms with E-state index >= 15 is 0 Å². The molecule has 20 heavy (non-hydrogen) atoms. The molecule has 0 N–H and O–H groups in total. The van der Waals surface area contributed by atoms with Crippen LogP contribution in [0.25, 0.3) is 0 Å². The van der Waals surface area contributed by atoms with E-state index in [-0.39, 0.29) is 23.8 Å². The summed E-state index contributed by atoms with van der Waals surface area (Å²) in [5, 5.41) is 0. The second kappa shape index (κ2) is 6.61. The minimum Gasteiger partial charge on any atom is -0.298 e. The molecule has 0 aliphatic heterocycles. The summed E-state index contributed by atoms with van der Waals surface area (Å²) in [6.45, 7) is 0. The van der Waals surface area contributed by atoms with Crippen LogP contribution in [-0.2, 0) is 11.2 Å². The second-order valence-corrected chi connectivity index (χ2v) is 5.26. The third-order valence-corrected chi connectivity index (χ3v) is 3.66. The van der Waals surface area contributed by atoms with Gasteiger partial charge in [0.1, 0.15) is 11.6 Å². The van der Waals surface area contributed by atoms with Gasteiger partial charge in [0.25, 0.3) is 0 Å². The van der Waals surface area contributed by atoms with Crippen molar-refractivity contribution in [3.05, 3.63) is 65.5 Å².